The molecule has 2 aromatic rings. The summed E-state index contributed by atoms with van der Waals surface area (Å²) in [6.07, 6.45) is 0.991. The molecule has 0 bridgehead atoms. The second-order valence-corrected chi connectivity index (χ2v) is 5.75. The zero-order valence-electron chi connectivity index (χ0n) is 12.6. The van der Waals surface area contributed by atoms with Crippen molar-refractivity contribution in [1.82, 2.24) is 4.98 Å². The van der Waals surface area contributed by atoms with Gasteiger partial charge in [-0.15, -0.1) is 11.3 Å². The molecular weight excluding hydrogens is 284 g/mol. The van der Waals surface area contributed by atoms with Crippen molar-refractivity contribution in [2.75, 3.05) is 11.9 Å². The third-order valence-electron chi connectivity index (χ3n) is 3.07. The van der Waals surface area contributed by atoms with Crippen molar-refractivity contribution in [3.8, 4) is 0 Å². The van der Waals surface area contributed by atoms with E-state index in [-0.39, 0.29) is 5.97 Å². The fourth-order valence-corrected chi connectivity index (χ4v) is 2.77. The Bertz CT molecular complexity index is 622. The molecule has 1 heterocycles. The molecule has 5 heteroatoms. The Morgan fingerprint density at radius 1 is 1.38 bits per heavy atom. The van der Waals surface area contributed by atoms with Gasteiger partial charge in [-0.1, -0.05) is 17.7 Å². The summed E-state index contributed by atoms with van der Waals surface area (Å²) in [7, 11) is 0. The van der Waals surface area contributed by atoms with E-state index in [1.165, 1.54) is 11.1 Å². The topological polar surface area (TPSA) is 51.2 Å². The Morgan fingerprint density at radius 2 is 2.19 bits per heavy atom. The number of carbonyl (C=O) groups is 1. The van der Waals surface area contributed by atoms with Crippen molar-refractivity contribution in [2.45, 2.75) is 33.6 Å². The molecule has 1 N–H and O–H groups in total. The fraction of sp³-hybridized carbons (Fsp3) is 0.375. The monoisotopic (exact) mass is 304 g/mol. The number of carbonyl (C=O) groups excluding carboxylic acids is 1. The second kappa shape index (κ2) is 7.22. The summed E-state index contributed by atoms with van der Waals surface area (Å²) in [5.74, 6) is -0.172. The molecule has 0 saturated heterocycles. The average molecular weight is 304 g/mol. The van der Waals surface area contributed by atoms with Gasteiger partial charge in [0, 0.05) is 17.5 Å². The molecular formula is C16H20N2O2S. The largest absolute Gasteiger partial charge is 0.466 e. The van der Waals surface area contributed by atoms with Gasteiger partial charge in [0.05, 0.1) is 18.7 Å². The zero-order valence-corrected chi connectivity index (χ0v) is 13.4. The number of aryl methyl sites for hydroxylation is 3. The van der Waals surface area contributed by atoms with E-state index in [4.69, 9.17) is 4.74 Å². The average Bonchev–Trinajstić information content (AvgIpc) is 2.88. The van der Waals surface area contributed by atoms with Crippen LogP contribution in [0.25, 0.3) is 0 Å². The lowest BCUT2D eigenvalue weighted by atomic mass is 10.1. The molecule has 0 radical (unpaired) electrons. The van der Waals surface area contributed by atoms with E-state index in [1.54, 1.807) is 11.3 Å². The van der Waals surface area contributed by atoms with Crippen LogP contribution in [-0.4, -0.2) is 17.6 Å². The quantitative estimate of drug-likeness (QED) is 0.820. The lowest BCUT2D eigenvalue weighted by Gasteiger charge is -2.07. The van der Waals surface area contributed by atoms with Crippen LogP contribution in [0.4, 0.5) is 10.8 Å². The van der Waals surface area contributed by atoms with E-state index >= 15 is 0 Å². The number of ether oxygens (including phenoxy) is 1. The Balaban J connectivity index is 1.95. The predicted octanol–water partition coefficient (Wildman–Crippen LogP) is 4.00. The van der Waals surface area contributed by atoms with Crippen molar-refractivity contribution < 1.29 is 9.53 Å². The third-order valence-corrected chi connectivity index (χ3v) is 3.87. The number of nitrogens with one attached hydrogen (secondary N) is 1. The summed E-state index contributed by atoms with van der Waals surface area (Å²) in [5, 5.41) is 6.15. The van der Waals surface area contributed by atoms with Gasteiger partial charge in [-0.25, -0.2) is 4.98 Å². The molecule has 0 saturated carbocycles. The molecule has 112 valence electrons. The van der Waals surface area contributed by atoms with Crippen LogP contribution in [-0.2, 0) is 16.0 Å². The van der Waals surface area contributed by atoms with Gasteiger partial charge in [-0.3, -0.25) is 4.79 Å². The van der Waals surface area contributed by atoms with Crippen LogP contribution in [0.5, 0.6) is 0 Å². The highest BCUT2D eigenvalue weighted by molar-refractivity contribution is 7.13. The number of esters is 1. The van der Waals surface area contributed by atoms with Gasteiger partial charge >= 0.3 is 5.97 Å². The van der Waals surface area contributed by atoms with Crippen LogP contribution in [0, 0.1) is 13.8 Å². The smallest absolute Gasteiger partial charge is 0.306 e. The molecule has 1 aromatic heterocycles. The Kier molecular flexibility index (Phi) is 5.33. The van der Waals surface area contributed by atoms with Gasteiger partial charge < -0.3 is 10.1 Å². The van der Waals surface area contributed by atoms with Crippen molar-refractivity contribution in [1.29, 1.82) is 0 Å². The maximum absolute atomic E-state index is 11.3. The number of benzene rings is 1. The van der Waals surface area contributed by atoms with E-state index in [1.807, 2.05) is 12.3 Å². The number of anilines is 2. The summed E-state index contributed by atoms with van der Waals surface area (Å²) in [4.78, 5) is 15.8. The molecule has 0 fully saturated rings. The van der Waals surface area contributed by atoms with Crippen LogP contribution < -0.4 is 5.32 Å². The third kappa shape index (κ3) is 4.56. The molecule has 21 heavy (non-hydrogen) atoms. The van der Waals surface area contributed by atoms with Crippen molar-refractivity contribution in [2.24, 2.45) is 0 Å². The minimum Gasteiger partial charge on any atom is -0.466 e. The van der Waals surface area contributed by atoms with Gasteiger partial charge in [0.15, 0.2) is 5.13 Å². The van der Waals surface area contributed by atoms with E-state index in [2.05, 4.69) is 42.3 Å². The molecule has 4 nitrogen and oxygen atoms in total. The van der Waals surface area contributed by atoms with Crippen LogP contribution in [0.3, 0.4) is 0 Å². The second-order valence-electron chi connectivity index (χ2n) is 4.89. The first-order chi connectivity index (χ1) is 10.1. The molecule has 0 unspecified atom stereocenters. The number of aromatic nitrogens is 1. The molecule has 0 aliphatic heterocycles. The van der Waals surface area contributed by atoms with Gasteiger partial charge in [-0.05, 0) is 32.4 Å². The Morgan fingerprint density at radius 3 is 2.90 bits per heavy atom. The van der Waals surface area contributed by atoms with E-state index in [0.29, 0.717) is 19.4 Å². The van der Waals surface area contributed by atoms with E-state index in [9.17, 15) is 4.79 Å². The highest BCUT2D eigenvalue weighted by atomic mass is 32.1. The number of nitrogens with zero attached hydrogens (tertiary/aromatic N) is 1. The van der Waals surface area contributed by atoms with Crippen molar-refractivity contribution in [3.63, 3.8) is 0 Å². The maximum atomic E-state index is 11.3. The zero-order chi connectivity index (χ0) is 15.2. The fourth-order valence-electron chi connectivity index (χ4n) is 2.01. The minimum atomic E-state index is -0.172. The summed E-state index contributed by atoms with van der Waals surface area (Å²) in [5.41, 5.74) is 4.41. The molecule has 1 aromatic carbocycles. The SMILES string of the molecule is CCOC(=O)CCc1csc(Nc2ccc(C)cc2C)n1. The van der Waals surface area contributed by atoms with Gasteiger partial charge in [0.2, 0.25) is 0 Å². The molecule has 2 rings (SSSR count). The molecule has 0 aliphatic carbocycles. The van der Waals surface area contributed by atoms with Crippen molar-refractivity contribution in [3.05, 3.63) is 40.4 Å². The summed E-state index contributed by atoms with van der Waals surface area (Å²) in [6, 6.07) is 6.27. The first-order valence-electron chi connectivity index (χ1n) is 7.02. The first kappa shape index (κ1) is 15.5. The highest BCUT2D eigenvalue weighted by Crippen LogP contribution is 2.24. The van der Waals surface area contributed by atoms with Gasteiger partial charge in [0.1, 0.15) is 0 Å². The molecule has 0 atom stereocenters. The molecule has 0 spiro atoms. The maximum Gasteiger partial charge on any atom is 0.306 e. The summed E-state index contributed by atoms with van der Waals surface area (Å²) >= 11 is 1.55. The number of thiazole rings is 1. The number of hydrogen-bond donors (Lipinski definition) is 1. The van der Waals surface area contributed by atoms with Crippen LogP contribution >= 0.6 is 11.3 Å². The normalized spacial score (nSPS) is 10.4. The lowest BCUT2D eigenvalue weighted by Crippen LogP contribution is -2.05. The standard InChI is InChI=1S/C16H20N2O2S/c1-4-20-15(19)8-6-13-10-21-16(17-13)18-14-7-5-11(2)9-12(14)3/h5,7,9-10H,4,6,8H2,1-3H3,(H,17,18). The van der Waals surface area contributed by atoms with Crippen LogP contribution in [0.2, 0.25) is 0 Å². The number of rotatable bonds is 6. The summed E-state index contributed by atoms with van der Waals surface area (Å²) < 4.78 is 4.91. The molecule has 0 aliphatic rings. The van der Waals surface area contributed by atoms with Crippen LogP contribution in [0.15, 0.2) is 23.6 Å². The predicted molar refractivity (Wildman–Crippen MR) is 86.3 cm³/mol. The summed E-state index contributed by atoms with van der Waals surface area (Å²) in [6.45, 7) is 6.39. The first-order valence-corrected chi connectivity index (χ1v) is 7.90. The molecule has 0 amide bonds. The highest BCUT2D eigenvalue weighted by Gasteiger charge is 2.07. The van der Waals surface area contributed by atoms with Gasteiger partial charge in [0.25, 0.3) is 0 Å². The minimum absolute atomic E-state index is 0.172. The Labute approximate surface area is 129 Å². The van der Waals surface area contributed by atoms with Gasteiger partial charge in [-0.2, -0.15) is 0 Å². The lowest BCUT2D eigenvalue weighted by molar-refractivity contribution is -0.143. The van der Waals surface area contributed by atoms with Crippen LogP contribution in [0.1, 0.15) is 30.2 Å². The van der Waals surface area contributed by atoms with E-state index in [0.717, 1.165) is 16.5 Å². The number of hydrogen-bond acceptors (Lipinski definition) is 5. The Hall–Kier alpha value is -1.88. The van der Waals surface area contributed by atoms with E-state index < -0.39 is 0 Å². The van der Waals surface area contributed by atoms with Crippen molar-refractivity contribution >= 4 is 28.1 Å².